The first-order valence-electron chi connectivity index (χ1n) is 11.0. The van der Waals surface area contributed by atoms with Gasteiger partial charge in [-0.2, -0.15) is 9.78 Å². The molecule has 1 fully saturated rings. The van der Waals surface area contributed by atoms with E-state index in [0.29, 0.717) is 23.7 Å². The summed E-state index contributed by atoms with van der Waals surface area (Å²) in [4.78, 5) is 26.3. The Balaban J connectivity index is 1.53. The van der Waals surface area contributed by atoms with Gasteiger partial charge in [-0.15, -0.1) is 5.10 Å². The number of hydrazone groups is 1. The number of likely N-dealkylation sites (tertiary alicyclic amines) is 1. The molecule has 3 aromatic rings. The largest absolute Gasteiger partial charge is 0.484 e. The molecule has 1 aliphatic rings. The molecule has 0 saturated carbocycles. The standard InChI is InChI=1S/C21H26N10O4/c1-13(14-5-7-15(8-6-14)34-12-17(22)32)24-26-21(33)18-16(11-30-9-3-2-4-10-30)25-29-31(18)20-19(23)27-35-28-20/h5-8H,2-4,9-12H2,1H3,(H2,22,32)(H2,23,27)(H,26,33)/b24-13+. The van der Waals surface area contributed by atoms with Crippen molar-refractivity contribution >= 4 is 23.3 Å². The summed E-state index contributed by atoms with van der Waals surface area (Å²) in [7, 11) is 0. The van der Waals surface area contributed by atoms with E-state index in [-0.39, 0.29) is 23.9 Å². The Bertz CT molecular complexity index is 1210. The molecule has 35 heavy (non-hydrogen) atoms. The van der Waals surface area contributed by atoms with Crippen LogP contribution in [0.3, 0.4) is 0 Å². The van der Waals surface area contributed by atoms with Crippen LogP contribution in [0.2, 0.25) is 0 Å². The molecule has 2 aromatic heterocycles. The van der Waals surface area contributed by atoms with Crippen LogP contribution < -0.4 is 21.6 Å². The van der Waals surface area contributed by atoms with Crippen LogP contribution in [-0.4, -0.2) is 67.4 Å². The molecule has 0 atom stereocenters. The van der Waals surface area contributed by atoms with Crippen molar-refractivity contribution < 1.29 is 19.0 Å². The smallest absolute Gasteiger partial charge is 0.292 e. The quantitative estimate of drug-likeness (QED) is 0.281. The highest BCUT2D eigenvalue weighted by Gasteiger charge is 2.26. The molecule has 1 aliphatic heterocycles. The molecule has 14 nitrogen and oxygen atoms in total. The second-order valence-electron chi connectivity index (χ2n) is 8.02. The summed E-state index contributed by atoms with van der Waals surface area (Å²) in [5, 5.41) is 19.8. The number of carbonyl (C=O) groups is 2. The van der Waals surface area contributed by atoms with E-state index in [1.54, 1.807) is 31.2 Å². The molecule has 14 heteroatoms. The average molecular weight is 483 g/mol. The lowest BCUT2D eigenvalue weighted by atomic mass is 10.1. The number of nitrogens with zero attached hydrogens (tertiary/aromatic N) is 7. The van der Waals surface area contributed by atoms with Crippen LogP contribution in [0.4, 0.5) is 5.82 Å². The van der Waals surface area contributed by atoms with Crippen LogP contribution in [0.1, 0.15) is 47.9 Å². The number of rotatable bonds is 9. The van der Waals surface area contributed by atoms with Crippen LogP contribution in [0.25, 0.3) is 5.82 Å². The number of nitrogens with two attached hydrogens (primary N) is 2. The second kappa shape index (κ2) is 10.7. The predicted molar refractivity (Wildman–Crippen MR) is 124 cm³/mol. The van der Waals surface area contributed by atoms with Gasteiger partial charge in [0.15, 0.2) is 12.3 Å². The maximum Gasteiger partial charge on any atom is 0.292 e. The van der Waals surface area contributed by atoms with Crippen LogP contribution in [-0.2, 0) is 11.3 Å². The molecule has 184 valence electrons. The Morgan fingerprint density at radius 2 is 1.91 bits per heavy atom. The van der Waals surface area contributed by atoms with Gasteiger partial charge in [0.05, 0.1) is 5.71 Å². The summed E-state index contributed by atoms with van der Waals surface area (Å²) in [6.07, 6.45) is 3.36. The van der Waals surface area contributed by atoms with Crippen molar-refractivity contribution in [1.82, 2.24) is 35.6 Å². The maximum atomic E-state index is 13.2. The number of nitrogens with one attached hydrogen (secondary N) is 1. The van der Waals surface area contributed by atoms with E-state index in [2.05, 4.69) is 40.7 Å². The Kier molecular flexibility index (Phi) is 7.30. The first-order valence-corrected chi connectivity index (χ1v) is 11.0. The fourth-order valence-corrected chi connectivity index (χ4v) is 3.66. The molecule has 0 bridgehead atoms. The number of anilines is 1. The fraction of sp³-hybridized carbons (Fsp3) is 0.381. The summed E-state index contributed by atoms with van der Waals surface area (Å²) in [6, 6.07) is 6.84. The van der Waals surface area contributed by atoms with E-state index in [1.807, 2.05) is 0 Å². The summed E-state index contributed by atoms with van der Waals surface area (Å²) in [5.41, 5.74) is 15.4. The lowest BCUT2D eigenvalue weighted by molar-refractivity contribution is -0.119. The van der Waals surface area contributed by atoms with Gasteiger partial charge in [0.25, 0.3) is 11.8 Å². The van der Waals surface area contributed by atoms with Crippen LogP contribution in [0.5, 0.6) is 5.75 Å². The lowest BCUT2D eigenvalue weighted by Gasteiger charge is -2.25. The number of piperidine rings is 1. The molecule has 2 amide bonds. The van der Waals surface area contributed by atoms with Gasteiger partial charge in [-0.1, -0.05) is 11.6 Å². The number of hydrogen-bond donors (Lipinski definition) is 3. The number of hydrogen-bond acceptors (Lipinski definition) is 11. The molecule has 0 spiro atoms. The minimum atomic E-state index is -0.564. The van der Waals surface area contributed by atoms with Gasteiger partial charge < -0.3 is 16.2 Å². The molecule has 3 heterocycles. The summed E-state index contributed by atoms with van der Waals surface area (Å²) < 4.78 is 11.1. The van der Waals surface area contributed by atoms with E-state index >= 15 is 0 Å². The molecule has 0 aliphatic carbocycles. The molecular formula is C21H26N10O4. The zero-order valence-corrected chi connectivity index (χ0v) is 19.2. The molecule has 1 saturated heterocycles. The van der Waals surface area contributed by atoms with E-state index in [0.717, 1.165) is 31.5 Å². The van der Waals surface area contributed by atoms with Gasteiger partial charge in [0.1, 0.15) is 11.4 Å². The predicted octanol–water partition coefficient (Wildman–Crippen LogP) is 0.237. The molecule has 0 unspecified atom stereocenters. The number of aromatic nitrogens is 5. The molecular weight excluding hydrogens is 456 g/mol. The highest BCUT2D eigenvalue weighted by molar-refractivity contribution is 6.01. The first-order chi connectivity index (χ1) is 16.9. The minimum absolute atomic E-state index is 0.0215. The molecule has 1 aromatic carbocycles. The van der Waals surface area contributed by atoms with Gasteiger partial charge in [-0.25, -0.2) is 10.1 Å². The van der Waals surface area contributed by atoms with Crippen molar-refractivity contribution in [2.45, 2.75) is 32.7 Å². The van der Waals surface area contributed by atoms with Crippen molar-refractivity contribution in [3.63, 3.8) is 0 Å². The van der Waals surface area contributed by atoms with Crippen molar-refractivity contribution in [3.05, 3.63) is 41.2 Å². The third kappa shape index (κ3) is 5.78. The summed E-state index contributed by atoms with van der Waals surface area (Å²) in [5.74, 6) is -0.566. The summed E-state index contributed by atoms with van der Waals surface area (Å²) in [6.45, 7) is 3.80. The Morgan fingerprint density at radius 1 is 1.17 bits per heavy atom. The summed E-state index contributed by atoms with van der Waals surface area (Å²) >= 11 is 0. The Morgan fingerprint density at radius 3 is 2.57 bits per heavy atom. The number of amides is 2. The van der Waals surface area contributed by atoms with Crippen LogP contribution >= 0.6 is 0 Å². The topological polar surface area (TPSA) is 193 Å². The van der Waals surface area contributed by atoms with Gasteiger partial charge in [-0.3, -0.25) is 14.5 Å². The number of benzene rings is 1. The minimum Gasteiger partial charge on any atom is -0.484 e. The number of ether oxygens (including phenoxy) is 1. The SMILES string of the molecule is C/C(=N\NC(=O)c1c(CN2CCCCC2)nnn1-c1nonc1N)c1ccc(OCC(N)=O)cc1. The molecule has 0 radical (unpaired) electrons. The fourth-order valence-electron chi connectivity index (χ4n) is 3.66. The monoisotopic (exact) mass is 482 g/mol. The van der Waals surface area contributed by atoms with E-state index < -0.39 is 11.8 Å². The Hall–Kier alpha value is -4.33. The van der Waals surface area contributed by atoms with E-state index in [9.17, 15) is 9.59 Å². The maximum absolute atomic E-state index is 13.2. The number of nitrogen functional groups attached to an aromatic ring is 1. The van der Waals surface area contributed by atoms with Crippen molar-refractivity contribution in [3.8, 4) is 11.6 Å². The van der Waals surface area contributed by atoms with Crippen molar-refractivity contribution in [2.75, 3.05) is 25.4 Å². The zero-order chi connectivity index (χ0) is 24.8. The first kappa shape index (κ1) is 23.8. The number of carbonyl (C=O) groups excluding carboxylic acids is 2. The lowest BCUT2D eigenvalue weighted by Crippen LogP contribution is -2.31. The van der Waals surface area contributed by atoms with Gasteiger partial charge in [0.2, 0.25) is 11.6 Å². The highest BCUT2D eigenvalue weighted by Crippen LogP contribution is 2.19. The normalized spacial score (nSPS) is 14.6. The van der Waals surface area contributed by atoms with Crippen molar-refractivity contribution in [2.24, 2.45) is 10.8 Å². The average Bonchev–Trinajstić information content (AvgIpc) is 3.47. The second-order valence-corrected chi connectivity index (χ2v) is 8.02. The van der Waals surface area contributed by atoms with Gasteiger partial charge >= 0.3 is 0 Å². The third-order valence-corrected chi connectivity index (χ3v) is 5.45. The third-order valence-electron chi connectivity index (χ3n) is 5.45. The zero-order valence-electron chi connectivity index (χ0n) is 19.2. The van der Waals surface area contributed by atoms with E-state index in [1.165, 1.54) is 11.1 Å². The van der Waals surface area contributed by atoms with Crippen molar-refractivity contribution in [1.29, 1.82) is 0 Å². The molecule has 5 N–H and O–H groups in total. The van der Waals surface area contributed by atoms with E-state index in [4.69, 9.17) is 16.2 Å². The number of primary amides is 1. The highest BCUT2D eigenvalue weighted by atomic mass is 16.6. The molecule has 4 rings (SSSR count). The van der Waals surface area contributed by atoms with Gasteiger partial charge in [0, 0.05) is 6.54 Å². The van der Waals surface area contributed by atoms with Crippen LogP contribution in [0, 0.1) is 0 Å². The Labute approximate surface area is 200 Å². The van der Waals surface area contributed by atoms with Crippen LogP contribution in [0.15, 0.2) is 34.0 Å². The van der Waals surface area contributed by atoms with Gasteiger partial charge in [-0.05, 0) is 73.0 Å².